The molecule has 3 aromatic carbocycles. The molecular weight excluding hydrogens is 532 g/mol. The van der Waals surface area contributed by atoms with Crippen LogP contribution in [0.2, 0.25) is 0 Å². The van der Waals surface area contributed by atoms with E-state index in [1.807, 2.05) is 49.2 Å². The molecule has 0 bridgehead atoms. The van der Waals surface area contributed by atoms with E-state index in [0.717, 1.165) is 31.8 Å². The minimum absolute atomic E-state index is 0.215. The van der Waals surface area contributed by atoms with Gasteiger partial charge in [0.25, 0.3) is 5.91 Å². The zero-order valence-electron chi connectivity index (χ0n) is 18.4. The fourth-order valence-electron chi connectivity index (χ4n) is 3.93. The molecule has 5 nitrogen and oxygen atoms in total. The number of fused-ring (bicyclic) bond motifs is 1. The predicted molar refractivity (Wildman–Crippen MR) is 136 cm³/mol. The molecule has 170 valence electrons. The molecule has 1 aliphatic carbocycles. The Morgan fingerprint density at radius 2 is 1.85 bits per heavy atom. The Labute approximate surface area is 206 Å². The SMILES string of the molecule is CC(=Nc1ccc2c(c1)[C@@H](NC(=O)c1ccc(I)cc1)[C@H](O)C2)N(C)Cc1ccc(F)cc1. The summed E-state index contributed by atoms with van der Waals surface area (Å²) in [5.74, 6) is 0.334. The highest BCUT2D eigenvalue weighted by Gasteiger charge is 2.32. The van der Waals surface area contributed by atoms with Crippen molar-refractivity contribution in [3.63, 3.8) is 0 Å². The first kappa shape index (κ1) is 23.4. The number of aliphatic imine (C=N–C) groups is 1. The van der Waals surface area contributed by atoms with Crippen LogP contribution < -0.4 is 5.32 Å². The topological polar surface area (TPSA) is 64.9 Å². The Morgan fingerprint density at radius 1 is 1.15 bits per heavy atom. The van der Waals surface area contributed by atoms with E-state index in [1.165, 1.54) is 12.1 Å². The normalized spacial score (nSPS) is 17.5. The van der Waals surface area contributed by atoms with Gasteiger partial charge in [-0.05, 0) is 94.7 Å². The molecule has 0 radical (unpaired) electrons. The minimum atomic E-state index is -0.686. The van der Waals surface area contributed by atoms with E-state index in [-0.39, 0.29) is 11.7 Å². The highest BCUT2D eigenvalue weighted by Crippen LogP contribution is 2.34. The van der Waals surface area contributed by atoms with E-state index < -0.39 is 12.1 Å². The fourth-order valence-corrected chi connectivity index (χ4v) is 4.29. The average Bonchev–Trinajstić information content (AvgIpc) is 3.10. The van der Waals surface area contributed by atoms with Crippen LogP contribution in [0.4, 0.5) is 10.1 Å². The van der Waals surface area contributed by atoms with Crippen LogP contribution in [0.15, 0.2) is 71.7 Å². The lowest BCUT2D eigenvalue weighted by atomic mass is 10.1. The summed E-state index contributed by atoms with van der Waals surface area (Å²) in [5, 5.41) is 13.6. The van der Waals surface area contributed by atoms with Gasteiger partial charge in [-0.2, -0.15) is 0 Å². The van der Waals surface area contributed by atoms with E-state index in [1.54, 1.807) is 24.3 Å². The third-order valence-electron chi connectivity index (χ3n) is 5.85. The zero-order valence-corrected chi connectivity index (χ0v) is 20.6. The molecule has 4 rings (SSSR count). The van der Waals surface area contributed by atoms with E-state index in [9.17, 15) is 14.3 Å². The number of rotatable bonds is 5. The van der Waals surface area contributed by atoms with Crippen LogP contribution in [-0.2, 0) is 13.0 Å². The number of amidine groups is 1. The molecule has 0 fully saturated rings. The first-order valence-corrected chi connectivity index (χ1v) is 11.8. The van der Waals surface area contributed by atoms with E-state index in [2.05, 4.69) is 27.9 Å². The van der Waals surface area contributed by atoms with Crippen molar-refractivity contribution >= 4 is 40.0 Å². The van der Waals surface area contributed by atoms with Crippen LogP contribution in [0.1, 0.15) is 40.0 Å². The first-order chi connectivity index (χ1) is 15.8. The molecule has 2 atom stereocenters. The lowest BCUT2D eigenvalue weighted by molar-refractivity contribution is 0.0858. The van der Waals surface area contributed by atoms with Crippen molar-refractivity contribution in [1.29, 1.82) is 0 Å². The quantitative estimate of drug-likeness (QED) is 0.264. The number of carbonyl (C=O) groups excluding carboxylic acids is 1. The van der Waals surface area contributed by atoms with Crippen molar-refractivity contribution in [1.82, 2.24) is 10.2 Å². The number of nitrogens with one attached hydrogen (secondary N) is 1. The Hall–Kier alpha value is -2.78. The van der Waals surface area contributed by atoms with Gasteiger partial charge in [-0.15, -0.1) is 0 Å². The molecule has 0 unspecified atom stereocenters. The van der Waals surface area contributed by atoms with Gasteiger partial charge >= 0.3 is 0 Å². The van der Waals surface area contributed by atoms with Crippen molar-refractivity contribution in [3.05, 3.63) is 98.4 Å². The molecule has 0 saturated carbocycles. The van der Waals surface area contributed by atoms with Crippen LogP contribution in [0, 0.1) is 9.39 Å². The van der Waals surface area contributed by atoms with Gasteiger partial charge in [0.05, 0.1) is 17.8 Å². The number of benzene rings is 3. The fraction of sp³-hybridized carbons (Fsp3) is 0.231. The average molecular weight is 557 g/mol. The van der Waals surface area contributed by atoms with Crippen LogP contribution >= 0.6 is 22.6 Å². The van der Waals surface area contributed by atoms with Crippen molar-refractivity contribution in [2.45, 2.75) is 32.0 Å². The van der Waals surface area contributed by atoms with Gasteiger partial charge in [-0.25, -0.2) is 9.38 Å². The Balaban J connectivity index is 1.50. The maximum atomic E-state index is 13.1. The van der Waals surface area contributed by atoms with E-state index >= 15 is 0 Å². The Morgan fingerprint density at radius 3 is 2.55 bits per heavy atom. The molecule has 0 aliphatic heterocycles. The van der Waals surface area contributed by atoms with Crippen molar-refractivity contribution in [2.75, 3.05) is 7.05 Å². The summed E-state index contributed by atoms with van der Waals surface area (Å²) >= 11 is 2.20. The van der Waals surface area contributed by atoms with Crippen LogP contribution in [0.25, 0.3) is 0 Å². The summed E-state index contributed by atoms with van der Waals surface area (Å²) in [6.45, 7) is 2.52. The first-order valence-electron chi connectivity index (χ1n) is 10.7. The van der Waals surface area contributed by atoms with Crippen molar-refractivity contribution in [2.24, 2.45) is 4.99 Å². The standard InChI is InChI=1S/C26H25FIN3O2/c1-16(31(2)15-17-3-8-20(27)9-4-17)29-22-12-7-19-13-24(32)25(23(19)14-22)30-26(33)18-5-10-21(28)11-6-18/h3-12,14,24-25,32H,13,15H2,1-2H3,(H,30,33)/t24-,25-/m1/s1. The van der Waals surface area contributed by atoms with Gasteiger partial charge in [-0.1, -0.05) is 18.2 Å². The number of halogens is 2. The summed E-state index contributed by atoms with van der Waals surface area (Å²) in [4.78, 5) is 19.5. The maximum absolute atomic E-state index is 13.1. The summed E-state index contributed by atoms with van der Waals surface area (Å²) < 4.78 is 14.2. The van der Waals surface area contributed by atoms with Gasteiger partial charge < -0.3 is 15.3 Å². The molecule has 3 aromatic rings. The molecule has 0 saturated heterocycles. The Bertz CT molecular complexity index is 1180. The lowest BCUT2D eigenvalue weighted by Crippen LogP contribution is -2.33. The second-order valence-corrected chi connectivity index (χ2v) is 9.50. The number of aliphatic hydroxyl groups excluding tert-OH is 1. The summed E-state index contributed by atoms with van der Waals surface area (Å²) in [5.41, 5.74) is 4.19. The molecule has 33 heavy (non-hydrogen) atoms. The lowest BCUT2D eigenvalue weighted by Gasteiger charge is -2.20. The third kappa shape index (κ3) is 5.59. The maximum Gasteiger partial charge on any atom is 0.251 e. The molecule has 2 N–H and O–H groups in total. The number of hydrogen-bond acceptors (Lipinski definition) is 3. The van der Waals surface area contributed by atoms with Gasteiger partial charge in [-0.3, -0.25) is 4.79 Å². The molecule has 1 aliphatic rings. The number of nitrogens with zero attached hydrogens (tertiary/aromatic N) is 2. The van der Waals surface area contributed by atoms with Gasteiger partial charge in [0.15, 0.2) is 0 Å². The van der Waals surface area contributed by atoms with Crippen LogP contribution in [0.3, 0.4) is 0 Å². The van der Waals surface area contributed by atoms with Gasteiger partial charge in [0.2, 0.25) is 0 Å². The molecule has 0 aromatic heterocycles. The van der Waals surface area contributed by atoms with Crippen LogP contribution in [0.5, 0.6) is 0 Å². The summed E-state index contributed by atoms with van der Waals surface area (Å²) in [6.07, 6.45) is -0.199. The Kier molecular flexibility index (Phi) is 7.09. The van der Waals surface area contributed by atoms with Gasteiger partial charge in [0.1, 0.15) is 11.7 Å². The largest absolute Gasteiger partial charge is 0.390 e. The monoisotopic (exact) mass is 557 g/mol. The van der Waals surface area contributed by atoms with E-state index in [0.29, 0.717) is 18.5 Å². The van der Waals surface area contributed by atoms with Crippen LogP contribution in [-0.4, -0.2) is 34.9 Å². The second-order valence-electron chi connectivity index (χ2n) is 8.25. The van der Waals surface area contributed by atoms with Crippen molar-refractivity contribution < 1.29 is 14.3 Å². The third-order valence-corrected chi connectivity index (χ3v) is 6.57. The summed E-state index contributed by atoms with van der Waals surface area (Å²) in [7, 11) is 1.93. The molecular formula is C26H25FIN3O2. The number of hydrogen-bond donors (Lipinski definition) is 2. The molecule has 0 spiro atoms. The number of carbonyl (C=O) groups is 1. The smallest absolute Gasteiger partial charge is 0.251 e. The highest BCUT2D eigenvalue weighted by atomic mass is 127. The molecule has 0 heterocycles. The van der Waals surface area contributed by atoms with Crippen molar-refractivity contribution in [3.8, 4) is 0 Å². The zero-order chi connectivity index (χ0) is 23.5. The van der Waals surface area contributed by atoms with E-state index in [4.69, 9.17) is 4.99 Å². The predicted octanol–water partition coefficient (Wildman–Crippen LogP) is 5.00. The minimum Gasteiger partial charge on any atom is -0.390 e. The number of aliphatic hydroxyl groups is 1. The highest BCUT2D eigenvalue weighted by molar-refractivity contribution is 14.1. The van der Waals surface area contributed by atoms with Gasteiger partial charge in [0, 0.05) is 29.1 Å². The molecule has 7 heteroatoms. The second kappa shape index (κ2) is 10.0. The summed E-state index contributed by atoms with van der Waals surface area (Å²) in [6, 6.07) is 19.1. The number of amides is 1. The molecule has 1 amide bonds.